The summed E-state index contributed by atoms with van der Waals surface area (Å²) in [6.45, 7) is 14.9. The molecule has 6 rings (SSSR count). The van der Waals surface area contributed by atoms with E-state index in [0.717, 1.165) is 93.5 Å². The highest BCUT2D eigenvalue weighted by Crippen LogP contribution is 2.30. The monoisotopic (exact) mass is 713 g/mol. The summed E-state index contributed by atoms with van der Waals surface area (Å²) in [4.78, 5) is 46.7. The number of allylic oxidation sites excluding steroid dienone is 2. The number of carboxylic acid groups (broad SMARTS) is 1. The zero-order valence-corrected chi connectivity index (χ0v) is 31.7. The molecule has 4 aliphatic heterocycles. The second kappa shape index (κ2) is 17.1. The zero-order chi connectivity index (χ0) is 36.8. The maximum absolute atomic E-state index is 13.5. The molecule has 2 fully saturated rings. The maximum Gasteiger partial charge on any atom is 0.303 e. The van der Waals surface area contributed by atoms with Crippen LogP contribution in [0.3, 0.4) is 0 Å². The minimum Gasteiger partial charge on any atom is -0.481 e. The van der Waals surface area contributed by atoms with Gasteiger partial charge in [-0.15, -0.1) is 0 Å². The number of anilines is 1. The number of rotatable bonds is 15. The van der Waals surface area contributed by atoms with Crippen LogP contribution in [0.4, 0.5) is 5.69 Å². The number of piperazine rings is 1. The van der Waals surface area contributed by atoms with Gasteiger partial charge in [0.2, 0.25) is 5.91 Å². The maximum atomic E-state index is 13.5. The average molecular weight is 714 g/mol. The molecule has 0 aliphatic carbocycles. The summed E-state index contributed by atoms with van der Waals surface area (Å²) in [6.07, 6.45) is 11.6. The number of hydrogen-bond donors (Lipinski definition) is 2. The number of ketones is 1. The number of benzene rings is 1. The molecule has 0 saturated carbocycles. The van der Waals surface area contributed by atoms with Gasteiger partial charge < -0.3 is 30.0 Å². The Kier molecular flexibility index (Phi) is 12.4. The molecule has 1 aromatic heterocycles. The molecule has 2 aromatic rings. The van der Waals surface area contributed by atoms with Crippen LogP contribution in [-0.2, 0) is 14.4 Å². The number of dihydropyridines is 1. The topological polar surface area (TPSA) is 114 Å². The van der Waals surface area contributed by atoms with Gasteiger partial charge in [-0.1, -0.05) is 25.1 Å². The predicted octanol–water partition coefficient (Wildman–Crippen LogP) is 5.31. The molecule has 4 unspecified atom stereocenters. The first-order valence-corrected chi connectivity index (χ1v) is 19.6. The van der Waals surface area contributed by atoms with Crippen molar-refractivity contribution in [2.75, 3.05) is 57.3 Å². The Labute approximate surface area is 309 Å². The fourth-order valence-corrected chi connectivity index (χ4v) is 8.62. The molecule has 1 amide bonds. The van der Waals surface area contributed by atoms with Crippen LogP contribution in [0.25, 0.3) is 5.69 Å². The first kappa shape index (κ1) is 37.6. The van der Waals surface area contributed by atoms with Crippen LogP contribution in [0.1, 0.15) is 83.0 Å². The summed E-state index contributed by atoms with van der Waals surface area (Å²) in [6, 6.07) is 10.5. The van der Waals surface area contributed by atoms with E-state index in [4.69, 9.17) is 5.11 Å². The minimum atomic E-state index is -0.717. The summed E-state index contributed by atoms with van der Waals surface area (Å²) in [5.41, 5.74) is 5.58. The quantitative estimate of drug-likeness (QED) is 0.254. The van der Waals surface area contributed by atoms with Gasteiger partial charge in [0.25, 0.3) is 0 Å². The fraction of sp³-hybridized carbons (Fsp3) is 0.610. The van der Waals surface area contributed by atoms with Crippen molar-refractivity contribution in [1.82, 2.24) is 29.8 Å². The highest BCUT2D eigenvalue weighted by molar-refractivity contribution is 5.84. The van der Waals surface area contributed by atoms with Crippen molar-refractivity contribution in [3.8, 4) is 5.69 Å². The van der Waals surface area contributed by atoms with Crippen molar-refractivity contribution >= 4 is 23.3 Å². The molecule has 282 valence electrons. The largest absolute Gasteiger partial charge is 0.481 e. The molecule has 4 atom stereocenters. The number of aromatic nitrogens is 2. The summed E-state index contributed by atoms with van der Waals surface area (Å²) >= 11 is 0. The lowest BCUT2D eigenvalue weighted by atomic mass is 9.94. The lowest BCUT2D eigenvalue weighted by Crippen LogP contribution is -2.49. The lowest BCUT2D eigenvalue weighted by Gasteiger charge is -2.40. The smallest absolute Gasteiger partial charge is 0.303 e. The number of carboxylic acids is 1. The van der Waals surface area contributed by atoms with Crippen molar-refractivity contribution in [1.29, 1.82) is 0 Å². The second-order valence-electron chi connectivity index (χ2n) is 15.7. The number of carbonyl (C=O) groups is 3. The normalized spacial score (nSPS) is 22.0. The molecule has 0 bridgehead atoms. The Morgan fingerprint density at radius 2 is 1.77 bits per heavy atom. The SMILES string of the molecule is Cc1cc(C)n(-c2cccc(N3CCN(C(=O)CCCC(=O)C(C)N4CCCC5=C4NC(CCC4CCN(CC(C)CC(=O)O)C4)C=C5)CC3)c2)n1. The van der Waals surface area contributed by atoms with Gasteiger partial charge in [-0.2, -0.15) is 5.10 Å². The number of likely N-dealkylation sites (tertiary alicyclic amines) is 1. The number of carbonyl (C=O) groups excluding carboxylic acids is 2. The van der Waals surface area contributed by atoms with E-state index in [1.165, 1.54) is 12.0 Å². The van der Waals surface area contributed by atoms with E-state index >= 15 is 0 Å². The van der Waals surface area contributed by atoms with Crippen molar-refractivity contribution in [3.63, 3.8) is 0 Å². The Morgan fingerprint density at radius 1 is 0.981 bits per heavy atom. The second-order valence-corrected chi connectivity index (χ2v) is 15.7. The van der Waals surface area contributed by atoms with Crippen molar-refractivity contribution in [3.05, 3.63) is 65.3 Å². The Balaban J connectivity index is 0.918. The van der Waals surface area contributed by atoms with Crippen molar-refractivity contribution < 1.29 is 19.5 Å². The van der Waals surface area contributed by atoms with E-state index in [9.17, 15) is 14.4 Å². The number of hydrogen-bond acceptors (Lipinski definition) is 8. The summed E-state index contributed by atoms with van der Waals surface area (Å²) in [7, 11) is 0. The number of nitrogens with zero attached hydrogens (tertiary/aromatic N) is 6. The van der Waals surface area contributed by atoms with Crippen LogP contribution in [0.15, 0.2) is 53.9 Å². The summed E-state index contributed by atoms with van der Waals surface area (Å²) in [5.74, 6) is 1.55. The number of amides is 1. The van der Waals surface area contributed by atoms with E-state index in [2.05, 4.69) is 74.5 Å². The van der Waals surface area contributed by atoms with Crippen LogP contribution < -0.4 is 10.2 Å². The summed E-state index contributed by atoms with van der Waals surface area (Å²) < 4.78 is 1.98. The van der Waals surface area contributed by atoms with E-state index in [-0.39, 0.29) is 36.1 Å². The number of nitrogens with one attached hydrogen (secondary N) is 1. The van der Waals surface area contributed by atoms with Gasteiger partial charge >= 0.3 is 5.97 Å². The molecule has 2 N–H and O–H groups in total. The number of Topliss-reactive ketones (excluding diaryl/α,β-unsaturated/α-hetero) is 1. The van der Waals surface area contributed by atoms with Crippen LogP contribution >= 0.6 is 0 Å². The van der Waals surface area contributed by atoms with Crippen molar-refractivity contribution in [2.24, 2.45) is 11.8 Å². The zero-order valence-electron chi connectivity index (χ0n) is 31.7. The number of aryl methyl sites for hydroxylation is 2. The third kappa shape index (κ3) is 9.45. The number of aliphatic carboxylic acids is 1. The molecule has 2 saturated heterocycles. The Hall–Kier alpha value is -4.12. The van der Waals surface area contributed by atoms with Gasteiger partial charge in [-0.3, -0.25) is 14.4 Å². The third-order valence-electron chi connectivity index (χ3n) is 11.5. The Bertz CT molecular complexity index is 1640. The van der Waals surface area contributed by atoms with Crippen LogP contribution in [0.2, 0.25) is 0 Å². The van der Waals surface area contributed by atoms with Crippen LogP contribution in [-0.4, -0.2) is 112 Å². The highest BCUT2D eigenvalue weighted by Gasteiger charge is 2.31. The average Bonchev–Trinajstić information content (AvgIpc) is 3.73. The third-order valence-corrected chi connectivity index (χ3v) is 11.5. The minimum absolute atomic E-state index is 0.140. The highest BCUT2D eigenvalue weighted by atomic mass is 16.4. The molecular weight excluding hydrogens is 654 g/mol. The molecule has 0 spiro atoms. The first-order valence-electron chi connectivity index (χ1n) is 19.6. The van der Waals surface area contributed by atoms with Crippen LogP contribution in [0, 0.1) is 25.7 Å². The molecule has 5 heterocycles. The van der Waals surface area contributed by atoms with Gasteiger partial charge in [0, 0.05) is 82.5 Å². The van der Waals surface area contributed by atoms with E-state index in [1.54, 1.807) is 0 Å². The van der Waals surface area contributed by atoms with Crippen molar-refractivity contribution in [2.45, 2.75) is 97.6 Å². The standard InChI is InChI=1S/C41H59N7O4/c1-29(24-40(51)52)27-44-19-17-33(28-44)13-15-35-16-14-34-8-7-18-47(41(34)42-35)32(4)38(49)11-6-12-39(50)46-22-20-45(21-23-46)36-9-5-10-37(26-36)48-31(3)25-30(2)43-48/h5,9-10,14,16,25-26,29,32-33,35,42H,6-8,11-13,15,17-24,27-28H2,1-4H3,(H,51,52). The first-order chi connectivity index (χ1) is 25.0. The molecule has 52 heavy (non-hydrogen) atoms. The van der Waals surface area contributed by atoms with E-state index in [0.29, 0.717) is 38.3 Å². The molecule has 11 heteroatoms. The van der Waals surface area contributed by atoms with Gasteiger partial charge in [-0.05, 0) is 108 Å². The van der Waals surface area contributed by atoms with Gasteiger partial charge in [0.05, 0.1) is 17.4 Å². The van der Waals surface area contributed by atoms with E-state index < -0.39 is 5.97 Å². The van der Waals surface area contributed by atoms with E-state index in [1.807, 2.05) is 30.4 Å². The molecule has 4 aliphatic rings. The molecule has 11 nitrogen and oxygen atoms in total. The Morgan fingerprint density at radius 3 is 2.52 bits per heavy atom. The van der Waals surface area contributed by atoms with Gasteiger partial charge in [-0.25, -0.2) is 4.68 Å². The van der Waals surface area contributed by atoms with Gasteiger partial charge in [0.15, 0.2) is 5.78 Å². The molecule has 0 radical (unpaired) electrons. The molecular formula is C41H59N7O4. The fourth-order valence-electron chi connectivity index (χ4n) is 8.62. The predicted molar refractivity (Wildman–Crippen MR) is 204 cm³/mol. The van der Waals surface area contributed by atoms with Crippen LogP contribution in [0.5, 0.6) is 0 Å². The molecule has 1 aromatic carbocycles. The lowest BCUT2D eigenvalue weighted by molar-refractivity contribution is -0.138. The summed E-state index contributed by atoms with van der Waals surface area (Å²) in [5, 5.41) is 17.5. The van der Waals surface area contributed by atoms with Gasteiger partial charge in [0.1, 0.15) is 5.82 Å².